The molecule has 3 rings (SSSR count). The minimum atomic E-state index is 0.838. The van der Waals surface area contributed by atoms with Crippen LogP contribution in [0.4, 0.5) is 0 Å². The molecule has 6 atom stereocenters. The topological polar surface area (TPSA) is 0 Å². The van der Waals surface area contributed by atoms with E-state index in [0.29, 0.717) is 0 Å². The van der Waals surface area contributed by atoms with Crippen molar-refractivity contribution in [2.24, 2.45) is 35.0 Å². The Kier molecular flexibility index (Phi) is 0.906. The zero-order chi connectivity index (χ0) is 7.80. The number of fused-ring (bicyclic) bond motifs is 1. The lowest BCUT2D eigenvalue weighted by Gasteiger charge is -2.40. The summed E-state index contributed by atoms with van der Waals surface area (Å²) in [5.41, 5.74) is 0.838. The molecule has 3 saturated carbocycles. The lowest BCUT2D eigenvalue weighted by molar-refractivity contribution is 0.0782. The summed E-state index contributed by atoms with van der Waals surface area (Å²) in [4.78, 5) is 0. The van der Waals surface area contributed by atoms with Gasteiger partial charge in [0.1, 0.15) is 0 Å². The second-order valence-electron chi connectivity index (χ2n) is 5.39. The molecule has 0 heteroatoms. The van der Waals surface area contributed by atoms with Gasteiger partial charge in [-0.15, -0.1) is 0 Å². The Morgan fingerprint density at radius 2 is 2.09 bits per heavy atom. The minimum absolute atomic E-state index is 0.838. The standard InChI is InChI=1S/C11H18/c1-4-7-8-6(2)5-11(3)9(7)10(8)11/h6-10H,4-5H2,1-3H3. The zero-order valence-electron chi connectivity index (χ0n) is 7.80. The summed E-state index contributed by atoms with van der Waals surface area (Å²) < 4.78 is 0. The van der Waals surface area contributed by atoms with Gasteiger partial charge in [0.25, 0.3) is 0 Å². The SMILES string of the molecule is CCC1C2C(C)CC3(C)C1C23. The fourth-order valence-electron chi connectivity index (χ4n) is 4.84. The van der Waals surface area contributed by atoms with Gasteiger partial charge < -0.3 is 0 Å². The molecular formula is C11H18. The van der Waals surface area contributed by atoms with Crippen molar-refractivity contribution in [1.29, 1.82) is 0 Å². The maximum absolute atomic E-state index is 2.54. The average Bonchev–Trinajstić information content (AvgIpc) is 2.20. The summed E-state index contributed by atoms with van der Waals surface area (Å²) in [6.45, 7) is 7.39. The molecule has 62 valence electrons. The van der Waals surface area contributed by atoms with Gasteiger partial charge in [0.15, 0.2) is 0 Å². The third-order valence-corrected chi connectivity index (χ3v) is 5.06. The summed E-state index contributed by atoms with van der Waals surface area (Å²) >= 11 is 0. The van der Waals surface area contributed by atoms with Crippen molar-refractivity contribution < 1.29 is 0 Å². The molecule has 3 aliphatic carbocycles. The van der Waals surface area contributed by atoms with E-state index in [-0.39, 0.29) is 0 Å². The molecule has 3 aliphatic rings. The lowest BCUT2D eigenvalue weighted by atomic mass is 9.65. The summed E-state index contributed by atoms with van der Waals surface area (Å²) in [6, 6.07) is 0. The van der Waals surface area contributed by atoms with E-state index in [1.54, 1.807) is 6.42 Å². The maximum atomic E-state index is 2.54. The second kappa shape index (κ2) is 1.53. The van der Waals surface area contributed by atoms with Crippen LogP contribution in [-0.4, -0.2) is 0 Å². The minimum Gasteiger partial charge on any atom is -0.0651 e. The van der Waals surface area contributed by atoms with Crippen molar-refractivity contribution in [3.63, 3.8) is 0 Å². The summed E-state index contributed by atoms with van der Waals surface area (Å²) in [5.74, 6) is 5.69. The van der Waals surface area contributed by atoms with Gasteiger partial charge in [0.05, 0.1) is 0 Å². The Hall–Kier alpha value is 0. The first-order valence-electron chi connectivity index (χ1n) is 5.20. The summed E-state index contributed by atoms with van der Waals surface area (Å²) in [7, 11) is 0. The van der Waals surface area contributed by atoms with Gasteiger partial charge in [-0.05, 0) is 41.4 Å². The van der Waals surface area contributed by atoms with Gasteiger partial charge in [-0.3, -0.25) is 0 Å². The number of hydrogen-bond donors (Lipinski definition) is 0. The second-order valence-corrected chi connectivity index (χ2v) is 5.39. The molecule has 0 nitrogen and oxygen atoms in total. The highest BCUT2D eigenvalue weighted by molar-refractivity contribution is 5.27. The molecule has 0 radical (unpaired) electrons. The molecule has 3 fully saturated rings. The van der Waals surface area contributed by atoms with Crippen molar-refractivity contribution in [3.8, 4) is 0 Å². The fourth-order valence-corrected chi connectivity index (χ4v) is 4.84. The lowest BCUT2D eigenvalue weighted by Crippen LogP contribution is -2.35. The van der Waals surface area contributed by atoms with Crippen LogP contribution in [0.5, 0.6) is 0 Å². The largest absolute Gasteiger partial charge is 0.0651 e. The first-order valence-corrected chi connectivity index (χ1v) is 5.20. The van der Waals surface area contributed by atoms with E-state index in [0.717, 1.165) is 23.2 Å². The Bertz CT molecular complexity index is 202. The van der Waals surface area contributed by atoms with Crippen molar-refractivity contribution in [2.75, 3.05) is 0 Å². The van der Waals surface area contributed by atoms with Gasteiger partial charge in [0.2, 0.25) is 0 Å². The molecule has 0 aliphatic heterocycles. The molecule has 0 aromatic heterocycles. The number of hydrogen-bond acceptors (Lipinski definition) is 0. The Labute approximate surface area is 69.4 Å². The van der Waals surface area contributed by atoms with E-state index >= 15 is 0 Å². The highest BCUT2D eigenvalue weighted by atomic mass is 14.8. The molecule has 11 heavy (non-hydrogen) atoms. The van der Waals surface area contributed by atoms with Gasteiger partial charge in [-0.25, -0.2) is 0 Å². The highest BCUT2D eigenvalue weighted by Crippen LogP contribution is 2.85. The van der Waals surface area contributed by atoms with Crippen LogP contribution in [0.2, 0.25) is 0 Å². The van der Waals surface area contributed by atoms with Crippen molar-refractivity contribution >= 4 is 0 Å². The van der Waals surface area contributed by atoms with Crippen LogP contribution < -0.4 is 0 Å². The third kappa shape index (κ3) is 0.467. The molecule has 0 aromatic rings. The molecule has 0 spiro atoms. The predicted octanol–water partition coefficient (Wildman–Crippen LogP) is 2.93. The van der Waals surface area contributed by atoms with Crippen LogP contribution in [0.15, 0.2) is 0 Å². The van der Waals surface area contributed by atoms with E-state index in [1.165, 1.54) is 18.3 Å². The molecule has 0 heterocycles. The monoisotopic (exact) mass is 150 g/mol. The van der Waals surface area contributed by atoms with Crippen LogP contribution in [0.25, 0.3) is 0 Å². The maximum Gasteiger partial charge on any atom is -0.0255 e. The first-order chi connectivity index (χ1) is 5.20. The summed E-state index contributed by atoms with van der Waals surface area (Å²) in [6.07, 6.45) is 3.00. The van der Waals surface area contributed by atoms with Crippen LogP contribution in [0.3, 0.4) is 0 Å². The van der Waals surface area contributed by atoms with Gasteiger partial charge in [-0.1, -0.05) is 27.2 Å². The van der Waals surface area contributed by atoms with E-state index in [4.69, 9.17) is 0 Å². The van der Waals surface area contributed by atoms with Crippen LogP contribution in [0, 0.1) is 35.0 Å². The van der Waals surface area contributed by atoms with Crippen molar-refractivity contribution in [2.45, 2.75) is 33.6 Å². The highest BCUT2D eigenvalue weighted by Gasteiger charge is 2.80. The van der Waals surface area contributed by atoms with E-state index in [2.05, 4.69) is 20.8 Å². The normalized spacial score (nSPS) is 70.6. The van der Waals surface area contributed by atoms with E-state index < -0.39 is 0 Å². The smallest absolute Gasteiger partial charge is 0.0255 e. The van der Waals surface area contributed by atoms with Crippen LogP contribution in [0.1, 0.15) is 33.6 Å². The van der Waals surface area contributed by atoms with Crippen LogP contribution in [-0.2, 0) is 0 Å². The molecule has 0 bridgehead atoms. The van der Waals surface area contributed by atoms with Crippen molar-refractivity contribution in [3.05, 3.63) is 0 Å². The Morgan fingerprint density at radius 3 is 2.45 bits per heavy atom. The zero-order valence-corrected chi connectivity index (χ0v) is 7.80. The van der Waals surface area contributed by atoms with Gasteiger partial charge in [-0.2, -0.15) is 0 Å². The molecule has 6 unspecified atom stereocenters. The van der Waals surface area contributed by atoms with Crippen molar-refractivity contribution in [1.82, 2.24) is 0 Å². The molecular weight excluding hydrogens is 132 g/mol. The van der Waals surface area contributed by atoms with Gasteiger partial charge >= 0.3 is 0 Å². The predicted molar refractivity (Wildman–Crippen MR) is 46.1 cm³/mol. The fraction of sp³-hybridized carbons (Fsp3) is 1.00. The number of rotatable bonds is 1. The van der Waals surface area contributed by atoms with E-state index in [1.807, 2.05) is 0 Å². The quantitative estimate of drug-likeness (QED) is 0.539. The Morgan fingerprint density at radius 1 is 1.36 bits per heavy atom. The first kappa shape index (κ1) is 6.51. The molecule has 0 amide bonds. The van der Waals surface area contributed by atoms with Gasteiger partial charge in [0, 0.05) is 0 Å². The Balaban J connectivity index is 1.91. The molecule has 0 aromatic carbocycles. The molecule has 0 saturated heterocycles. The van der Waals surface area contributed by atoms with Crippen LogP contribution >= 0.6 is 0 Å². The molecule has 0 N–H and O–H groups in total. The third-order valence-electron chi connectivity index (χ3n) is 5.06. The summed E-state index contributed by atoms with van der Waals surface area (Å²) in [5, 5.41) is 0. The average molecular weight is 150 g/mol. The van der Waals surface area contributed by atoms with E-state index in [9.17, 15) is 0 Å².